The van der Waals surface area contributed by atoms with Crippen LogP contribution in [0.3, 0.4) is 0 Å². The summed E-state index contributed by atoms with van der Waals surface area (Å²) in [6.45, 7) is 8.30. The minimum Gasteiger partial charge on any atom is -0.481 e. The van der Waals surface area contributed by atoms with Crippen molar-refractivity contribution in [2.45, 2.75) is 46.5 Å². The summed E-state index contributed by atoms with van der Waals surface area (Å²) in [6.07, 6.45) is -0.301. The van der Waals surface area contributed by atoms with E-state index in [0.29, 0.717) is 10.8 Å². The Balaban J connectivity index is 1.88. The van der Waals surface area contributed by atoms with E-state index in [9.17, 15) is 9.59 Å². The second-order valence-electron chi connectivity index (χ2n) is 8.33. The Morgan fingerprint density at radius 2 is 1.81 bits per heavy atom. The Bertz CT molecular complexity index is 1330. The Hall–Kier alpha value is -3.32. The van der Waals surface area contributed by atoms with Gasteiger partial charge in [0.1, 0.15) is 5.69 Å². The summed E-state index contributed by atoms with van der Waals surface area (Å²) in [7, 11) is 0. The second-order valence-corrected chi connectivity index (χ2v) is 9.34. The third kappa shape index (κ3) is 4.21. The van der Waals surface area contributed by atoms with Gasteiger partial charge in [0.2, 0.25) is 5.13 Å². The molecule has 0 fully saturated rings. The summed E-state index contributed by atoms with van der Waals surface area (Å²) in [5.41, 5.74) is 5.24. The van der Waals surface area contributed by atoms with Crippen molar-refractivity contribution >= 4 is 34.0 Å². The first kappa shape index (κ1) is 21.9. The molecule has 164 valence electrons. The molecule has 2 heterocycles. The van der Waals surface area contributed by atoms with E-state index in [1.54, 1.807) is 16.0 Å². The minimum atomic E-state index is -0.998. The number of carbonyl (C=O) groups is 2. The van der Waals surface area contributed by atoms with Gasteiger partial charge in [-0.15, -0.1) is 0 Å². The number of carboxylic acids is 1. The van der Waals surface area contributed by atoms with Gasteiger partial charge in [-0.25, -0.2) is 9.67 Å². The van der Waals surface area contributed by atoms with Crippen molar-refractivity contribution in [1.29, 1.82) is 0 Å². The van der Waals surface area contributed by atoms with Crippen LogP contribution in [0.15, 0.2) is 42.5 Å². The van der Waals surface area contributed by atoms with E-state index >= 15 is 0 Å². The standard InChI is InChI=1S/C25H25N3O3S/c1-14(2)24-22(17-7-5-6-15(3)12-17)26-25(32-24)28-19-9-8-16(4)13-18(19)23(27-28)20(29)10-11-21(30)31/h5-9,12-14H,10-11H2,1-4H3,(H,30,31). The average Bonchev–Trinajstić information content (AvgIpc) is 3.34. The number of fused-ring (bicyclic) bond motifs is 1. The van der Waals surface area contributed by atoms with Crippen LogP contribution in [-0.4, -0.2) is 31.6 Å². The van der Waals surface area contributed by atoms with Crippen LogP contribution < -0.4 is 0 Å². The first-order chi connectivity index (χ1) is 15.2. The van der Waals surface area contributed by atoms with E-state index in [1.165, 1.54) is 0 Å². The predicted octanol–water partition coefficient (Wildman–Crippen LogP) is 5.94. The molecule has 2 aromatic heterocycles. The molecule has 32 heavy (non-hydrogen) atoms. The van der Waals surface area contributed by atoms with E-state index in [1.807, 2.05) is 31.2 Å². The predicted molar refractivity (Wildman–Crippen MR) is 127 cm³/mol. The van der Waals surface area contributed by atoms with E-state index in [2.05, 4.69) is 44.1 Å². The van der Waals surface area contributed by atoms with Crippen molar-refractivity contribution in [3.63, 3.8) is 0 Å². The molecule has 0 spiro atoms. The number of aliphatic carboxylic acids is 1. The molecule has 0 aliphatic carbocycles. The molecule has 0 aliphatic heterocycles. The normalized spacial score (nSPS) is 11.4. The maximum atomic E-state index is 12.8. The number of hydrogen-bond acceptors (Lipinski definition) is 5. The van der Waals surface area contributed by atoms with Crippen molar-refractivity contribution in [2.75, 3.05) is 0 Å². The van der Waals surface area contributed by atoms with Crippen LogP contribution in [0.25, 0.3) is 27.3 Å². The van der Waals surface area contributed by atoms with Crippen LogP contribution in [0.5, 0.6) is 0 Å². The fourth-order valence-corrected chi connectivity index (χ4v) is 4.78. The summed E-state index contributed by atoms with van der Waals surface area (Å²) >= 11 is 1.57. The number of aromatic nitrogens is 3. The van der Waals surface area contributed by atoms with E-state index in [0.717, 1.165) is 38.2 Å². The van der Waals surface area contributed by atoms with Gasteiger partial charge in [0, 0.05) is 22.2 Å². The molecule has 0 atom stereocenters. The molecule has 7 heteroatoms. The van der Waals surface area contributed by atoms with Crippen molar-refractivity contribution < 1.29 is 14.7 Å². The van der Waals surface area contributed by atoms with E-state index in [4.69, 9.17) is 10.1 Å². The zero-order valence-electron chi connectivity index (χ0n) is 18.5. The van der Waals surface area contributed by atoms with Gasteiger partial charge >= 0.3 is 5.97 Å². The van der Waals surface area contributed by atoms with Gasteiger partial charge in [-0.05, 0) is 38.0 Å². The van der Waals surface area contributed by atoms with Gasteiger partial charge in [-0.1, -0.05) is 60.6 Å². The molecule has 0 aliphatic rings. The first-order valence-electron chi connectivity index (χ1n) is 10.6. The maximum Gasteiger partial charge on any atom is 0.303 e. The van der Waals surface area contributed by atoms with Crippen molar-refractivity contribution in [3.8, 4) is 16.4 Å². The highest BCUT2D eigenvalue weighted by Gasteiger charge is 2.23. The number of nitrogens with zero attached hydrogens (tertiary/aromatic N) is 3. The van der Waals surface area contributed by atoms with Gasteiger partial charge in [-0.2, -0.15) is 5.10 Å². The quantitative estimate of drug-likeness (QED) is 0.355. The number of ketones is 1. The molecule has 0 radical (unpaired) electrons. The van der Waals surface area contributed by atoms with Gasteiger partial charge in [0.25, 0.3) is 0 Å². The summed E-state index contributed by atoms with van der Waals surface area (Å²) in [5, 5.41) is 15.0. The molecule has 4 rings (SSSR count). The smallest absolute Gasteiger partial charge is 0.303 e. The molecule has 0 bridgehead atoms. The number of aryl methyl sites for hydroxylation is 2. The summed E-state index contributed by atoms with van der Waals surface area (Å²) in [5.74, 6) is -0.999. The SMILES string of the molecule is Cc1cccc(-c2nc(-n3nc(C(=O)CCC(=O)O)c4cc(C)ccc43)sc2C(C)C)c1. The van der Waals surface area contributed by atoms with Gasteiger partial charge in [0.15, 0.2) is 5.78 Å². The van der Waals surface area contributed by atoms with Crippen molar-refractivity contribution in [2.24, 2.45) is 0 Å². The third-order valence-electron chi connectivity index (χ3n) is 5.30. The highest BCUT2D eigenvalue weighted by Crippen LogP contribution is 2.37. The van der Waals surface area contributed by atoms with Crippen molar-refractivity contribution in [1.82, 2.24) is 14.8 Å². The largest absolute Gasteiger partial charge is 0.481 e. The minimum absolute atomic E-state index is 0.0843. The molecular weight excluding hydrogens is 422 g/mol. The Kier molecular flexibility index (Phi) is 5.93. The number of Topliss-reactive ketones (excluding diaryl/α,β-unsaturated/α-hetero) is 1. The van der Waals surface area contributed by atoms with Gasteiger partial charge in [0.05, 0.1) is 17.6 Å². The topological polar surface area (TPSA) is 85.1 Å². The van der Waals surface area contributed by atoms with Crippen LogP contribution in [0.2, 0.25) is 0 Å². The summed E-state index contributed by atoms with van der Waals surface area (Å²) in [6, 6.07) is 14.1. The molecule has 0 saturated heterocycles. The number of rotatable bonds is 7. The maximum absolute atomic E-state index is 12.8. The average molecular weight is 448 g/mol. The number of carbonyl (C=O) groups excluding carboxylic acids is 1. The highest BCUT2D eigenvalue weighted by atomic mass is 32.1. The molecule has 0 amide bonds. The van der Waals surface area contributed by atoms with E-state index < -0.39 is 5.97 Å². The van der Waals surface area contributed by atoms with Crippen LogP contribution >= 0.6 is 11.3 Å². The number of thiazole rings is 1. The lowest BCUT2D eigenvalue weighted by atomic mass is 10.0. The summed E-state index contributed by atoms with van der Waals surface area (Å²) < 4.78 is 1.72. The molecule has 4 aromatic rings. The lowest BCUT2D eigenvalue weighted by Gasteiger charge is -2.05. The molecular formula is C25H25N3O3S. The van der Waals surface area contributed by atoms with Crippen LogP contribution in [0.1, 0.15) is 59.1 Å². The van der Waals surface area contributed by atoms with Crippen molar-refractivity contribution in [3.05, 3.63) is 64.2 Å². The van der Waals surface area contributed by atoms with E-state index in [-0.39, 0.29) is 24.5 Å². The Morgan fingerprint density at radius 1 is 1.06 bits per heavy atom. The Morgan fingerprint density at radius 3 is 2.50 bits per heavy atom. The highest BCUT2D eigenvalue weighted by molar-refractivity contribution is 7.14. The molecule has 6 nitrogen and oxygen atoms in total. The van der Waals surface area contributed by atoms with Crippen LogP contribution in [0, 0.1) is 13.8 Å². The molecule has 0 saturated carbocycles. The number of hydrogen-bond donors (Lipinski definition) is 1. The van der Waals surface area contributed by atoms with Gasteiger partial charge in [-0.3, -0.25) is 9.59 Å². The zero-order valence-corrected chi connectivity index (χ0v) is 19.4. The molecule has 1 N–H and O–H groups in total. The number of benzene rings is 2. The zero-order chi connectivity index (χ0) is 23.0. The lowest BCUT2D eigenvalue weighted by molar-refractivity contribution is -0.136. The number of carboxylic acid groups (broad SMARTS) is 1. The van der Waals surface area contributed by atoms with Crippen LogP contribution in [-0.2, 0) is 4.79 Å². The van der Waals surface area contributed by atoms with Crippen LogP contribution in [0.4, 0.5) is 0 Å². The first-order valence-corrected chi connectivity index (χ1v) is 11.4. The Labute approximate surface area is 190 Å². The second kappa shape index (κ2) is 8.67. The fraction of sp³-hybridized carbons (Fsp3) is 0.280. The lowest BCUT2D eigenvalue weighted by Crippen LogP contribution is -2.06. The molecule has 2 aromatic carbocycles. The van der Waals surface area contributed by atoms with Gasteiger partial charge < -0.3 is 5.11 Å². The molecule has 0 unspecified atom stereocenters. The fourth-order valence-electron chi connectivity index (χ4n) is 3.72. The third-order valence-corrected chi connectivity index (χ3v) is 6.64. The summed E-state index contributed by atoms with van der Waals surface area (Å²) in [4.78, 5) is 29.9. The monoisotopic (exact) mass is 447 g/mol.